The summed E-state index contributed by atoms with van der Waals surface area (Å²) in [5, 5.41) is 9.63. The summed E-state index contributed by atoms with van der Waals surface area (Å²) in [5.74, 6) is 2.73. The fraction of sp³-hybridized carbons (Fsp3) is 0.391. The van der Waals surface area contributed by atoms with E-state index < -0.39 is 0 Å². The van der Waals surface area contributed by atoms with Crippen LogP contribution < -0.4 is 5.32 Å². The fourth-order valence-corrected chi connectivity index (χ4v) is 3.96. The number of likely N-dealkylation sites (tertiary alicyclic amines) is 1. The molecular weight excluding hydrogens is 364 g/mol. The Kier molecular flexibility index (Phi) is 6.10. The molecule has 1 aliphatic heterocycles. The third kappa shape index (κ3) is 5.57. The van der Waals surface area contributed by atoms with E-state index in [-0.39, 0.29) is 5.91 Å². The number of H-pyrrole nitrogens is 1. The lowest BCUT2D eigenvalue weighted by Crippen LogP contribution is -2.24. The number of furan rings is 1. The first-order valence-corrected chi connectivity index (χ1v) is 10.2. The van der Waals surface area contributed by atoms with Crippen LogP contribution in [0, 0.1) is 12.8 Å². The van der Waals surface area contributed by atoms with E-state index >= 15 is 0 Å². The number of aromatic amines is 1. The highest BCUT2D eigenvalue weighted by atomic mass is 16.3. The Labute approximate surface area is 171 Å². The zero-order valence-electron chi connectivity index (χ0n) is 16.9. The van der Waals surface area contributed by atoms with Crippen LogP contribution in [-0.4, -0.2) is 34.1 Å². The predicted octanol–water partition coefficient (Wildman–Crippen LogP) is 3.23. The lowest BCUT2D eigenvalue weighted by atomic mass is 9.97. The van der Waals surface area contributed by atoms with Gasteiger partial charge in [0.25, 0.3) is 0 Å². The molecule has 6 heteroatoms. The van der Waals surface area contributed by atoms with Crippen LogP contribution in [0.2, 0.25) is 0 Å². The lowest BCUT2D eigenvalue weighted by Gasteiger charge is -2.14. The summed E-state index contributed by atoms with van der Waals surface area (Å²) >= 11 is 0. The van der Waals surface area contributed by atoms with Crippen LogP contribution in [0.5, 0.6) is 0 Å². The van der Waals surface area contributed by atoms with Crippen molar-refractivity contribution in [2.75, 3.05) is 13.1 Å². The van der Waals surface area contributed by atoms with E-state index in [0.29, 0.717) is 18.9 Å². The first-order chi connectivity index (χ1) is 14.1. The molecule has 29 heavy (non-hydrogen) atoms. The number of carbonyl (C=O) groups excluding carboxylic acids is 1. The molecule has 1 aromatic carbocycles. The maximum absolute atomic E-state index is 12.1. The number of carbonyl (C=O) groups is 1. The third-order valence-electron chi connectivity index (χ3n) is 5.49. The molecule has 0 radical (unpaired) electrons. The Hall–Kier alpha value is -2.86. The number of nitrogens with one attached hydrogen (secondary N) is 2. The Morgan fingerprint density at radius 1 is 1.21 bits per heavy atom. The van der Waals surface area contributed by atoms with Crippen molar-refractivity contribution in [2.24, 2.45) is 5.92 Å². The molecule has 1 atom stereocenters. The van der Waals surface area contributed by atoms with Crippen molar-refractivity contribution in [1.82, 2.24) is 20.4 Å². The van der Waals surface area contributed by atoms with E-state index in [4.69, 9.17) is 4.42 Å². The minimum atomic E-state index is 0.0203. The number of nitrogens with zero attached hydrogens (tertiary/aromatic N) is 2. The first-order valence-electron chi connectivity index (χ1n) is 10.2. The van der Waals surface area contributed by atoms with Gasteiger partial charge in [0.05, 0.1) is 25.2 Å². The molecule has 1 saturated heterocycles. The molecule has 2 aromatic heterocycles. The monoisotopic (exact) mass is 392 g/mol. The largest absolute Gasteiger partial charge is 0.465 e. The number of hydrogen-bond acceptors (Lipinski definition) is 4. The molecule has 0 bridgehead atoms. The third-order valence-corrected chi connectivity index (χ3v) is 5.49. The van der Waals surface area contributed by atoms with Gasteiger partial charge in [0.15, 0.2) is 0 Å². The van der Waals surface area contributed by atoms with Gasteiger partial charge in [-0.05, 0) is 61.6 Å². The van der Waals surface area contributed by atoms with Crippen molar-refractivity contribution >= 4 is 5.91 Å². The second kappa shape index (κ2) is 9.09. The zero-order chi connectivity index (χ0) is 20.1. The Morgan fingerprint density at radius 2 is 2.03 bits per heavy atom. The fourth-order valence-electron chi connectivity index (χ4n) is 3.96. The van der Waals surface area contributed by atoms with Gasteiger partial charge in [0, 0.05) is 12.7 Å². The Balaban J connectivity index is 1.21. The van der Waals surface area contributed by atoms with Crippen LogP contribution in [0.3, 0.4) is 0 Å². The molecule has 0 saturated carbocycles. The van der Waals surface area contributed by atoms with Crippen LogP contribution in [0.25, 0.3) is 0 Å². The molecule has 0 spiro atoms. The van der Waals surface area contributed by atoms with Crippen LogP contribution in [0.1, 0.15) is 34.8 Å². The summed E-state index contributed by atoms with van der Waals surface area (Å²) in [7, 11) is 0. The molecular formula is C23H28N4O2. The average molecular weight is 393 g/mol. The highest BCUT2D eigenvalue weighted by molar-refractivity contribution is 5.78. The number of hydrogen-bond donors (Lipinski definition) is 2. The van der Waals surface area contributed by atoms with Crippen molar-refractivity contribution < 1.29 is 9.21 Å². The van der Waals surface area contributed by atoms with Crippen molar-refractivity contribution in [3.05, 3.63) is 77.0 Å². The van der Waals surface area contributed by atoms with E-state index in [1.807, 2.05) is 19.1 Å². The van der Waals surface area contributed by atoms with Gasteiger partial charge in [-0.15, -0.1) is 0 Å². The predicted molar refractivity (Wildman–Crippen MR) is 111 cm³/mol. The van der Waals surface area contributed by atoms with Crippen LogP contribution in [0.4, 0.5) is 0 Å². The molecule has 6 nitrogen and oxygen atoms in total. The molecule has 1 aliphatic rings. The molecule has 2 N–H and O–H groups in total. The highest BCUT2D eigenvalue weighted by Gasteiger charge is 2.23. The quantitative estimate of drug-likeness (QED) is 0.617. The topological polar surface area (TPSA) is 74.2 Å². The van der Waals surface area contributed by atoms with Gasteiger partial charge in [0.2, 0.25) is 5.91 Å². The van der Waals surface area contributed by atoms with Crippen molar-refractivity contribution in [1.29, 1.82) is 0 Å². The van der Waals surface area contributed by atoms with E-state index in [1.165, 1.54) is 12.0 Å². The molecule has 1 unspecified atom stereocenters. The first kappa shape index (κ1) is 19.5. The summed E-state index contributed by atoms with van der Waals surface area (Å²) < 4.78 is 5.70. The SMILES string of the molecule is Cc1ccc(CN2CCC(Cc3ccc(CC(=O)NCc4ccn[nH]4)cc3)C2)o1. The Bertz CT molecular complexity index is 915. The molecule has 1 amide bonds. The molecule has 152 valence electrons. The van der Waals surface area contributed by atoms with E-state index in [0.717, 1.165) is 48.8 Å². The van der Waals surface area contributed by atoms with Gasteiger partial charge in [-0.25, -0.2) is 0 Å². The maximum atomic E-state index is 12.1. The van der Waals surface area contributed by atoms with Gasteiger partial charge in [0.1, 0.15) is 11.5 Å². The van der Waals surface area contributed by atoms with Gasteiger partial charge in [-0.2, -0.15) is 5.10 Å². The number of benzene rings is 1. The molecule has 3 aromatic rings. The van der Waals surface area contributed by atoms with E-state index in [9.17, 15) is 4.79 Å². The second-order valence-electron chi connectivity index (χ2n) is 7.96. The number of rotatable bonds is 8. The van der Waals surface area contributed by atoms with Crippen LogP contribution in [-0.2, 0) is 30.7 Å². The second-order valence-corrected chi connectivity index (χ2v) is 7.96. The van der Waals surface area contributed by atoms with Crippen molar-refractivity contribution in [3.63, 3.8) is 0 Å². The smallest absolute Gasteiger partial charge is 0.224 e. The van der Waals surface area contributed by atoms with Crippen molar-refractivity contribution in [2.45, 2.75) is 39.3 Å². The minimum absolute atomic E-state index is 0.0203. The number of aromatic nitrogens is 2. The normalized spacial score (nSPS) is 16.9. The average Bonchev–Trinajstić information content (AvgIpc) is 3.45. The lowest BCUT2D eigenvalue weighted by molar-refractivity contribution is -0.120. The summed E-state index contributed by atoms with van der Waals surface area (Å²) in [5.41, 5.74) is 3.28. The number of amides is 1. The highest BCUT2D eigenvalue weighted by Crippen LogP contribution is 2.23. The molecule has 1 fully saturated rings. The maximum Gasteiger partial charge on any atom is 0.224 e. The summed E-state index contributed by atoms with van der Waals surface area (Å²) in [4.78, 5) is 14.6. The number of aryl methyl sites for hydroxylation is 1. The van der Waals surface area contributed by atoms with Gasteiger partial charge in [-0.3, -0.25) is 14.8 Å². The standard InChI is InChI=1S/C23H28N4O2/c1-17-2-7-22(29-17)16-27-11-9-20(15-27)12-18-3-5-19(6-4-18)13-23(28)24-14-21-8-10-25-26-21/h2-8,10,20H,9,11-16H2,1H3,(H,24,28)(H,25,26). The molecule has 4 rings (SSSR count). The van der Waals surface area contributed by atoms with Crippen LogP contribution >= 0.6 is 0 Å². The molecule has 3 heterocycles. The van der Waals surface area contributed by atoms with Crippen LogP contribution in [0.15, 0.2) is 53.1 Å². The summed E-state index contributed by atoms with van der Waals surface area (Å²) in [6, 6.07) is 14.4. The zero-order valence-corrected chi connectivity index (χ0v) is 16.9. The van der Waals surface area contributed by atoms with Gasteiger partial charge in [-0.1, -0.05) is 24.3 Å². The molecule has 0 aliphatic carbocycles. The summed E-state index contributed by atoms with van der Waals surface area (Å²) in [6.07, 6.45) is 4.38. The van der Waals surface area contributed by atoms with Gasteiger partial charge >= 0.3 is 0 Å². The summed E-state index contributed by atoms with van der Waals surface area (Å²) in [6.45, 7) is 5.60. The minimum Gasteiger partial charge on any atom is -0.465 e. The van der Waals surface area contributed by atoms with E-state index in [2.05, 4.69) is 50.7 Å². The van der Waals surface area contributed by atoms with E-state index in [1.54, 1.807) is 6.20 Å². The Morgan fingerprint density at radius 3 is 2.76 bits per heavy atom. The van der Waals surface area contributed by atoms with Gasteiger partial charge < -0.3 is 9.73 Å². The van der Waals surface area contributed by atoms with Crippen molar-refractivity contribution in [3.8, 4) is 0 Å².